The number of hydrazine groups is 1. The smallest absolute Gasteiger partial charge is 0.258 e. The van der Waals surface area contributed by atoms with Crippen LogP contribution in [0.5, 0.6) is 0 Å². The van der Waals surface area contributed by atoms with E-state index >= 15 is 0 Å². The van der Waals surface area contributed by atoms with Gasteiger partial charge in [-0.15, -0.1) is 4.53 Å². The Balaban J connectivity index is 1.26. The predicted molar refractivity (Wildman–Crippen MR) is 147 cm³/mol. The fourth-order valence-electron chi connectivity index (χ4n) is 5.39. The number of hydrogen-bond acceptors (Lipinski definition) is 6. The van der Waals surface area contributed by atoms with Crippen LogP contribution < -0.4 is 20.9 Å². The summed E-state index contributed by atoms with van der Waals surface area (Å²) < 4.78 is 1.61. The lowest BCUT2D eigenvalue weighted by molar-refractivity contribution is -0.121. The normalized spacial score (nSPS) is 18.2. The minimum Gasteiger partial charge on any atom is -0.352 e. The average molecular weight is 523 g/mol. The van der Waals surface area contributed by atoms with Gasteiger partial charge in [0, 0.05) is 42.9 Å². The van der Waals surface area contributed by atoms with Crippen molar-refractivity contribution < 1.29 is 9.59 Å². The number of piperidine rings is 1. The van der Waals surface area contributed by atoms with Crippen molar-refractivity contribution in [1.82, 2.24) is 20.2 Å². The number of carbonyl (C=O) groups excluding carboxylic acids is 2. The van der Waals surface area contributed by atoms with Gasteiger partial charge in [-0.2, -0.15) is 0 Å². The molecule has 3 N–H and O–H groups in total. The first-order valence-corrected chi connectivity index (χ1v) is 13.4. The third-order valence-electron chi connectivity index (χ3n) is 7.60. The van der Waals surface area contributed by atoms with E-state index in [1.807, 2.05) is 66.3 Å². The van der Waals surface area contributed by atoms with Crippen LogP contribution in [0.25, 0.3) is 0 Å². The first-order valence-electron chi connectivity index (χ1n) is 13.0. The van der Waals surface area contributed by atoms with Gasteiger partial charge in [0.15, 0.2) is 0 Å². The molecule has 3 heterocycles. The SMILES string of the molecule is Cc1cc(CNC(=O)CCC2CCNCC2)ccc1C(=O)N1CC2=C(Nc3ccccc31)N(C)N(Cl)C2. The van der Waals surface area contributed by atoms with Crippen LogP contribution in [0.3, 0.4) is 0 Å². The van der Waals surface area contributed by atoms with Gasteiger partial charge in [-0.1, -0.05) is 24.3 Å². The number of para-hydroxylation sites is 2. The third kappa shape index (κ3) is 5.61. The third-order valence-corrected chi connectivity index (χ3v) is 7.94. The number of benzene rings is 2. The lowest BCUT2D eigenvalue weighted by atomic mass is 9.93. The quantitative estimate of drug-likeness (QED) is 0.498. The summed E-state index contributed by atoms with van der Waals surface area (Å²) in [6, 6.07) is 13.6. The highest BCUT2D eigenvalue weighted by Crippen LogP contribution is 2.36. The summed E-state index contributed by atoms with van der Waals surface area (Å²) in [5, 5.41) is 11.7. The first kappa shape index (κ1) is 25.6. The van der Waals surface area contributed by atoms with Crippen LogP contribution in [0, 0.1) is 12.8 Å². The number of halogens is 1. The molecule has 9 heteroatoms. The monoisotopic (exact) mass is 522 g/mol. The van der Waals surface area contributed by atoms with E-state index in [9.17, 15) is 9.59 Å². The van der Waals surface area contributed by atoms with Crippen molar-refractivity contribution in [3.63, 3.8) is 0 Å². The zero-order valence-electron chi connectivity index (χ0n) is 21.5. The molecule has 37 heavy (non-hydrogen) atoms. The number of anilines is 2. The molecule has 2 aromatic rings. The van der Waals surface area contributed by atoms with Crippen LogP contribution in [0.4, 0.5) is 11.4 Å². The number of carbonyl (C=O) groups is 2. The van der Waals surface area contributed by atoms with E-state index in [1.54, 1.807) is 4.53 Å². The van der Waals surface area contributed by atoms with Crippen LogP contribution in [-0.2, 0) is 11.3 Å². The maximum atomic E-state index is 13.8. The Morgan fingerprint density at radius 3 is 2.68 bits per heavy atom. The van der Waals surface area contributed by atoms with Gasteiger partial charge in [0.25, 0.3) is 5.91 Å². The lowest BCUT2D eigenvalue weighted by Crippen LogP contribution is -2.34. The maximum absolute atomic E-state index is 13.8. The summed E-state index contributed by atoms with van der Waals surface area (Å²) >= 11 is 6.36. The summed E-state index contributed by atoms with van der Waals surface area (Å²) in [5.74, 6) is 1.57. The zero-order chi connectivity index (χ0) is 25.9. The van der Waals surface area contributed by atoms with Gasteiger partial charge in [0.1, 0.15) is 5.82 Å². The van der Waals surface area contributed by atoms with E-state index in [4.69, 9.17) is 11.8 Å². The topological polar surface area (TPSA) is 79.9 Å². The highest BCUT2D eigenvalue weighted by atomic mass is 35.5. The molecule has 2 aromatic carbocycles. The van der Waals surface area contributed by atoms with Crippen molar-refractivity contribution in [3.8, 4) is 0 Å². The average Bonchev–Trinajstić information content (AvgIpc) is 3.07. The number of hydrogen-bond donors (Lipinski definition) is 3. The second kappa shape index (κ2) is 11.1. The maximum Gasteiger partial charge on any atom is 0.258 e. The Hall–Kier alpha value is -3.07. The molecule has 1 saturated heterocycles. The van der Waals surface area contributed by atoms with Crippen molar-refractivity contribution in [3.05, 3.63) is 70.5 Å². The lowest BCUT2D eigenvalue weighted by Gasteiger charge is -2.26. The molecule has 0 atom stereocenters. The summed E-state index contributed by atoms with van der Waals surface area (Å²) in [6.45, 7) is 5.50. The van der Waals surface area contributed by atoms with Gasteiger partial charge in [0.05, 0.1) is 24.5 Å². The van der Waals surface area contributed by atoms with Gasteiger partial charge in [-0.3, -0.25) is 14.6 Å². The van der Waals surface area contributed by atoms with Crippen molar-refractivity contribution >= 4 is 35.0 Å². The zero-order valence-corrected chi connectivity index (χ0v) is 22.3. The van der Waals surface area contributed by atoms with E-state index in [0.717, 1.165) is 66.2 Å². The van der Waals surface area contributed by atoms with Crippen LogP contribution >= 0.6 is 11.8 Å². The van der Waals surface area contributed by atoms with Crippen LogP contribution in [0.1, 0.15) is 47.2 Å². The highest BCUT2D eigenvalue weighted by molar-refractivity contribution is 6.13. The molecule has 0 unspecified atom stereocenters. The Morgan fingerprint density at radius 2 is 1.89 bits per heavy atom. The molecule has 2 amide bonds. The van der Waals surface area contributed by atoms with Crippen molar-refractivity contribution in [2.45, 2.75) is 39.2 Å². The van der Waals surface area contributed by atoms with Crippen molar-refractivity contribution in [2.24, 2.45) is 5.92 Å². The molecular formula is C28H35ClN6O2. The fraction of sp³-hybridized carbons (Fsp3) is 0.429. The minimum absolute atomic E-state index is 0.0614. The number of rotatable bonds is 6. The number of fused-ring (bicyclic) bond motifs is 1. The second-order valence-electron chi connectivity index (χ2n) is 10.2. The molecule has 3 aliphatic rings. The summed E-state index contributed by atoms with van der Waals surface area (Å²) in [6.07, 6.45) is 3.81. The standard InChI is InChI=1S/C28H35ClN6O2/c1-19-15-21(16-31-26(36)10-8-20-11-13-30-14-12-20)7-9-23(19)28(37)34-17-22-18-35(29)33(2)27(22)32-24-5-3-4-6-25(24)34/h3-7,9,15,20,30,32H,8,10-14,16-18H2,1-2H3,(H,31,36). The van der Waals surface area contributed by atoms with Crippen molar-refractivity contribution in [2.75, 3.05) is 43.4 Å². The molecule has 0 aromatic heterocycles. The van der Waals surface area contributed by atoms with Gasteiger partial charge < -0.3 is 20.9 Å². The largest absolute Gasteiger partial charge is 0.352 e. The molecule has 3 aliphatic heterocycles. The molecule has 5 rings (SSSR count). The fourth-order valence-corrected chi connectivity index (χ4v) is 5.61. The van der Waals surface area contributed by atoms with Crippen molar-refractivity contribution in [1.29, 1.82) is 0 Å². The van der Waals surface area contributed by atoms with Crippen LogP contribution in [0.15, 0.2) is 53.9 Å². The molecule has 0 bridgehead atoms. The number of nitrogens with one attached hydrogen (secondary N) is 3. The van der Waals surface area contributed by atoms with Crippen LogP contribution in [-0.4, -0.2) is 54.6 Å². The van der Waals surface area contributed by atoms with Gasteiger partial charge >= 0.3 is 0 Å². The first-order chi connectivity index (χ1) is 17.9. The molecule has 0 spiro atoms. The molecule has 1 fully saturated rings. The second-order valence-corrected chi connectivity index (χ2v) is 10.6. The van der Waals surface area contributed by atoms with E-state index < -0.39 is 0 Å². The minimum atomic E-state index is -0.0614. The summed E-state index contributed by atoms with van der Waals surface area (Å²) in [4.78, 5) is 28.1. The summed E-state index contributed by atoms with van der Waals surface area (Å²) in [7, 11) is 1.90. The molecule has 0 radical (unpaired) electrons. The van der Waals surface area contributed by atoms with Crippen LogP contribution in [0.2, 0.25) is 0 Å². The van der Waals surface area contributed by atoms with Gasteiger partial charge in [0.2, 0.25) is 5.91 Å². The molecule has 196 valence electrons. The molecular weight excluding hydrogens is 488 g/mol. The molecule has 8 nitrogen and oxygen atoms in total. The summed E-state index contributed by atoms with van der Waals surface area (Å²) in [5.41, 5.74) is 5.26. The van der Waals surface area contributed by atoms with Gasteiger partial charge in [-0.05, 0) is 74.5 Å². The molecule has 0 aliphatic carbocycles. The van der Waals surface area contributed by atoms with E-state index in [2.05, 4.69) is 16.0 Å². The van der Waals surface area contributed by atoms with E-state index in [-0.39, 0.29) is 11.8 Å². The number of nitrogens with zero attached hydrogens (tertiary/aromatic N) is 3. The Morgan fingerprint density at radius 1 is 1.11 bits per heavy atom. The van der Waals surface area contributed by atoms with Gasteiger partial charge in [-0.25, -0.2) is 0 Å². The Labute approximate surface area is 223 Å². The Bertz CT molecular complexity index is 1210. The highest BCUT2D eigenvalue weighted by Gasteiger charge is 2.33. The van der Waals surface area contributed by atoms with E-state index in [1.165, 1.54) is 0 Å². The number of amides is 2. The predicted octanol–water partition coefficient (Wildman–Crippen LogP) is 3.99. The molecule has 0 saturated carbocycles. The van der Waals surface area contributed by atoms with E-state index in [0.29, 0.717) is 37.5 Å². The Kier molecular flexibility index (Phi) is 7.69. The number of aryl methyl sites for hydroxylation is 1.